The Labute approximate surface area is 136 Å². The number of aliphatic carboxylic acids is 1. The van der Waals surface area contributed by atoms with Crippen LogP contribution in [0.1, 0.15) is 30.3 Å². The molecule has 24 heavy (non-hydrogen) atoms. The molecule has 2 rings (SSSR count). The summed E-state index contributed by atoms with van der Waals surface area (Å²) in [5, 5.41) is 11.7. The maximum atomic E-state index is 12.2. The summed E-state index contributed by atoms with van der Waals surface area (Å²) < 4.78 is 2.11. The van der Waals surface area contributed by atoms with E-state index in [1.54, 1.807) is 0 Å². The minimum atomic E-state index is -1.13. The fourth-order valence-electron chi connectivity index (χ4n) is 2.36. The summed E-state index contributed by atoms with van der Waals surface area (Å²) in [6, 6.07) is 1.70. The third kappa shape index (κ3) is 3.05. The number of nitrogens with zero attached hydrogens (tertiary/aromatic N) is 3. The first-order chi connectivity index (χ1) is 11.3. The number of nitrogens with one attached hydrogen (secondary N) is 1. The van der Waals surface area contributed by atoms with Crippen LogP contribution in [0.4, 0.5) is 0 Å². The molecule has 2 aromatic rings. The molecule has 0 aliphatic carbocycles. The van der Waals surface area contributed by atoms with Crippen molar-refractivity contribution in [2.24, 2.45) is 14.1 Å². The van der Waals surface area contributed by atoms with Crippen molar-refractivity contribution >= 4 is 22.9 Å². The molecule has 128 valence electrons. The van der Waals surface area contributed by atoms with Gasteiger partial charge in [-0.05, 0) is 18.6 Å². The van der Waals surface area contributed by atoms with Gasteiger partial charge in [-0.15, -0.1) is 0 Å². The molecule has 9 heteroatoms. The van der Waals surface area contributed by atoms with Gasteiger partial charge in [0, 0.05) is 14.1 Å². The van der Waals surface area contributed by atoms with Gasteiger partial charge >= 0.3 is 11.7 Å². The van der Waals surface area contributed by atoms with Crippen molar-refractivity contribution in [3.05, 3.63) is 38.7 Å². The Morgan fingerprint density at radius 3 is 2.50 bits per heavy atom. The van der Waals surface area contributed by atoms with E-state index in [0.29, 0.717) is 6.42 Å². The number of aromatic nitrogens is 3. The highest BCUT2D eigenvalue weighted by Crippen LogP contribution is 2.07. The Kier molecular flexibility index (Phi) is 4.82. The molecule has 0 radical (unpaired) electrons. The van der Waals surface area contributed by atoms with E-state index in [9.17, 15) is 19.2 Å². The van der Waals surface area contributed by atoms with Crippen LogP contribution in [-0.2, 0) is 18.9 Å². The highest BCUT2D eigenvalue weighted by molar-refractivity contribution is 5.96. The highest BCUT2D eigenvalue weighted by atomic mass is 16.4. The first kappa shape index (κ1) is 17.4. The molecule has 1 amide bonds. The van der Waals surface area contributed by atoms with E-state index < -0.39 is 29.2 Å². The van der Waals surface area contributed by atoms with Crippen molar-refractivity contribution in [1.82, 2.24) is 19.4 Å². The van der Waals surface area contributed by atoms with Gasteiger partial charge in [-0.3, -0.25) is 18.7 Å². The third-order valence-electron chi connectivity index (χ3n) is 3.72. The summed E-state index contributed by atoms with van der Waals surface area (Å²) in [6.07, 6.45) is 0.876. The van der Waals surface area contributed by atoms with Gasteiger partial charge in [0.15, 0.2) is 0 Å². The molecule has 1 unspecified atom stereocenters. The molecule has 0 aliphatic heterocycles. The van der Waals surface area contributed by atoms with Gasteiger partial charge in [0.2, 0.25) is 0 Å². The molecule has 2 aromatic heterocycles. The standard InChI is InChI=1S/C15H18N4O5/c1-4-5-10(14(22)23)17-12(20)9-7-6-8-11(16-9)18(2)15(24)19(3)13(8)21/h6-7,10H,4-5H2,1-3H3,(H,17,20)(H,22,23). The van der Waals surface area contributed by atoms with Crippen LogP contribution < -0.4 is 16.6 Å². The van der Waals surface area contributed by atoms with Gasteiger partial charge < -0.3 is 10.4 Å². The van der Waals surface area contributed by atoms with Crippen LogP contribution in [0.5, 0.6) is 0 Å². The normalized spacial score (nSPS) is 12.1. The number of hydrogen-bond donors (Lipinski definition) is 2. The summed E-state index contributed by atoms with van der Waals surface area (Å²) in [5.41, 5.74) is -1.07. The molecule has 1 atom stereocenters. The first-order valence-corrected chi connectivity index (χ1v) is 7.38. The highest BCUT2D eigenvalue weighted by Gasteiger charge is 2.21. The molecule has 0 bridgehead atoms. The zero-order chi connectivity index (χ0) is 18.0. The predicted octanol–water partition coefficient (Wildman–Crippen LogP) is -0.385. The molecule has 0 saturated carbocycles. The molecular weight excluding hydrogens is 316 g/mol. The number of carbonyl (C=O) groups excluding carboxylic acids is 1. The van der Waals surface area contributed by atoms with Crippen molar-refractivity contribution in [2.75, 3.05) is 0 Å². The number of carbonyl (C=O) groups is 2. The van der Waals surface area contributed by atoms with Gasteiger partial charge in [-0.1, -0.05) is 13.3 Å². The number of rotatable bonds is 5. The van der Waals surface area contributed by atoms with Crippen LogP contribution in [0.2, 0.25) is 0 Å². The van der Waals surface area contributed by atoms with Crippen LogP contribution in [0.15, 0.2) is 21.7 Å². The van der Waals surface area contributed by atoms with Crippen molar-refractivity contribution in [3.8, 4) is 0 Å². The number of carboxylic acid groups (broad SMARTS) is 1. The van der Waals surface area contributed by atoms with Crippen LogP contribution in [0, 0.1) is 0 Å². The number of hydrogen-bond acceptors (Lipinski definition) is 5. The maximum absolute atomic E-state index is 12.2. The number of fused-ring (bicyclic) bond motifs is 1. The molecule has 0 saturated heterocycles. The topological polar surface area (TPSA) is 123 Å². The van der Waals surface area contributed by atoms with Gasteiger partial charge in [-0.25, -0.2) is 14.6 Å². The Bertz CT molecular complexity index is 928. The predicted molar refractivity (Wildman–Crippen MR) is 86.0 cm³/mol. The Hall–Kier alpha value is -2.97. The summed E-state index contributed by atoms with van der Waals surface area (Å²) in [5.74, 6) is -1.81. The second kappa shape index (κ2) is 6.65. The van der Waals surface area contributed by atoms with Crippen LogP contribution in [0.25, 0.3) is 11.0 Å². The second-order valence-corrected chi connectivity index (χ2v) is 5.43. The Morgan fingerprint density at radius 1 is 1.25 bits per heavy atom. The monoisotopic (exact) mass is 334 g/mol. The molecule has 0 fully saturated rings. The lowest BCUT2D eigenvalue weighted by molar-refractivity contribution is -0.139. The van der Waals surface area contributed by atoms with Crippen molar-refractivity contribution in [3.63, 3.8) is 0 Å². The van der Waals surface area contributed by atoms with E-state index in [4.69, 9.17) is 5.11 Å². The minimum Gasteiger partial charge on any atom is -0.480 e. The Balaban J connectivity index is 2.48. The zero-order valence-electron chi connectivity index (χ0n) is 13.6. The smallest absolute Gasteiger partial charge is 0.332 e. The van der Waals surface area contributed by atoms with Gasteiger partial charge in [-0.2, -0.15) is 0 Å². The number of carboxylic acids is 1. The van der Waals surface area contributed by atoms with Crippen LogP contribution in [0.3, 0.4) is 0 Å². The van der Waals surface area contributed by atoms with E-state index in [1.807, 2.05) is 6.92 Å². The van der Waals surface area contributed by atoms with Crippen molar-refractivity contribution in [2.45, 2.75) is 25.8 Å². The molecule has 2 heterocycles. The van der Waals surface area contributed by atoms with Gasteiger partial charge in [0.25, 0.3) is 11.5 Å². The van der Waals surface area contributed by atoms with E-state index in [-0.39, 0.29) is 23.1 Å². The number of amides is 1. The molecule has 0 spiro atoms. The van der Waals surface area contributed by atoms with Crippen LogP contribution in [-0.4, -0.2) is 37.1 Å². The first-order valence-electron chi connectivity index (χ1n) is 7.38. The molecule has 9 nitrogen and oxygen atoms in total. The largest absolute Gasteiger partial charge is 0.480 e. The fraction of sp³-hybridized carbons (Fsp3) is 0.400. The lowest BCUT2D eigenvalue weighted by atomic mass is 10.1. The van der Waals surface area contributed by atoms with E-state index in [0.717, 1.165) is 9.13 Å². The lowest BCUT2D eigenvalue weighted by Gasteiger charge is -2.13. The molecule has 0 aromatic carbocycles. The number of aryl methyl sites for hydroxylation is 1. The van der Waals surface area contributed by atoms with Crippen molar-refractivity contribution in [1.29, 1.82) is 0 Å². The quantitative estimate of drug-likeness (QED) is 0.768. The van der Waals surface area contributed by atoms with Gasteiger partial charge in [0.1, 0.15) is 17.4 Å². The van der Waals surface area contributed by atoms with E-state index in [2.05, 4.69) is 10.3 Å². The number of pyridine rings is 1. The average Bonchev–Trinajstić information content (AvgIpc) is 2.56. The molecular formula is C15H18N4O5. The fourth-order valence-corrected chi connectivity index (χ4v) is 2.36. The van der Waals surface area contributed by atoms with E-state index >= 15 is 0 Å². The van der Waals surface area contributed by atoms with Crippen molar-refractivity contribution < 1.29 is 14.7 Å². The summed E-state index contributed by atoms with van der Waals surface area (Å²) in [6.45, 7) is 1.81. The average molecular weight is 334 g/mol. The third-order valence-corrected chi connectivity index (χ3v) is 3.72. The van der Waals surface area contributed by atoms with Gasteiger partial charge in [0.05, 0.1) is 5.39 Å². The maximum Gasteiger partial charge on any atom is 0.332 e. The minimum absolute atomic E-state index is 0.0619. The van der Waals surface area contributed by atoms with Crippen LogP contribution >= 0.6 is 0 Å². The summed E-state index contributed by atoms with van der Waals surface area (Å²) in [4.78, 5) is 51.4. The summed E-state index contributed by atoms with van der Waals surface area (Å²) >= 11 is 0. The Morgan fingerprint density at radius 2 is 1.92 bits per heavy atom. The SMILES string of the molecule is CCCC(NC(=O)c1ccc2c(=O)n(C)c(=O)n(C)c2n1)C(=O)O. The van der Waals surface area contributed by atoms with E-state index in [1.165, 1.54) is 26.2 Å². The zero-order valence-corrected chi connectivity index (χ0v) is 13.6. The lowest BCUT2D eigenvalue weighted by Crippen LogP contribution is -2.41. The summed E-state index contributed by atoms with van der Waals surface area (Å²) in [7, 11) is 2.79. The molecule has 0 aliphatic rings. The second-order valence-electron chi connectivity index (χ2n) is 5.43. The molecule has 2 N–H and O–H groups in total.